The first-order valence-electron chi connectivity index (χ1n) is 6.07. The molecule has 1 atom stereocenters. The van der Waals surface area contributed by atoms with Crippen LogP contribution in [0.1, 0.15) is 19.3 Å². The third-order valence-electron chi connectivity index (χ3n) is 2.39. The van der Waals surface area contributed by atoms with Gasteiger partial charge in [0, 0.05) is 17.8 Å². The topological polar surface area (TPSA) is 158 Å². The molecule has 0 aliphatic carbocycles. The Labute approximate surface area is 149 Å². The lowest BCUT2D eigenvalue weighted by molar-refractivity contribution is -0.384. The molecule has 0 radical (unpaired) electrons. The summed E-state index contributed by atoms with van der Waals surface area (Å²) >= 11 is 0. The summed E-state index contributed by atoms with van der Waals surface area (Å²) in [5.74, 6) is -0.933. The van der Waals surface area contributed by atoms with E-state index in [1.54, 1.807) is 0 Å². The summed E-state index contributed by atoms with van der Waals surface area (Å²) in [5, 5.41) is 18.4. The number of carbonyl (C=O) groups is 1. The fourth-order valence-electron chi connectivity index (χ4n) is 1.23. The third kappa shape index (κ3) is 12.5. The lowest BCUT2D eigenvalue weighted by Gasteiger charge is -2.03. The lowest BCUT2D eigenvalue weighted by Crippen LogP contribution is -2.29. The van der Waals surface area contributed by atoms with E-state index in [9.17, 15) is 14.9 Å². The average molecular weight is 446 g/mol. The highest BCUT2D eigenvalue weighted by atomic mass is 79.9. The first-order valence-corrected chi connectivity index (χ1v) is 6.07. The number of carboxylic acids is 1. The fourth-order valence-corrected chi connectivity index (χ4v) is 1.23. The summed E-state index contributed by atoms with van der Waals surface area (Å²) in [6.45, 7) is 0.604. The number of unbranched alkanes of at least 4 members (excludes halogenated alkanes) is 1. The molecular formula is C12H22Br2N4O4. The molecule has 0 heterocycles. The van der Waals surface area contributed by atoms with Crippen molar-refractivity contribution in [3.63, 3.8) is 0 Å². The molecule has 0 saturated heterocycles. The Morgan fingerprint density at radius 1 is 1.23 bits per heavy atom. The van der Waals surface area contributed by atoms with Gasteiger partial charge in [0.15, 0.2) is 0 Å². The molecule has 0 aliphatic rings. The molecule has 1 rings (SSSR count). The Hall–Kier alpha value is -1.23. The monoisotopic (exact) mass is 444 g/mol. The molecule has 1 aromatic carbocycles. The second-order valence-electron chi connectivity index (χ2n) is 4.08. The smallest absolute Gasteiger partial charge is 0.320 e. The van der Waals surface area contributed by atoms with E-state index in [1.165, 1.54) is 24.3 Å². The second kappa shape index (κ2) is 14.7. The van der Waals surface area contributed by atoms with E-state index in [1.807, 2.05) is 0 Å². The number of carboxylic acid groups (broad SMARTS) is 1. The maximum atomic E-state index is 10.1. The number of nitro groups is 1. The van der Waals surface area contributed by atoms with Crippen LogP contribution in [0, 0.1) is 10.1 Å². The van der Waals surface area contributed by atoms with Gasteiger partial charge in [0.05, 0.1) is 4.92 Å². The molecule has 0 aliphatic heterocycles. The molecular weight excluding hydrogens is 424 g/mol. The standard InChI is InChI=1S/C6H6N2O2.C6H14N2O2.2BrH/c7-5-1-3-6(4-2-5)8(9)10;7-4-2-1-3-5(8)6(9)10;;/h1-4H,7H2;5H,1-4,7-8H2,(H,9,10);2*1H. The summed E-state index contributed by atoms with van der Waals surface area (Å²) < 4.78 is 0. The fraction of sp³-hybridized carbons (Fsp3) is 0.417. The molecule has 7 N–H and O–H groups in total. The Balaban J connectivity index is -0.000000301. The highest BCUT2D eigenvalue weighted by Gasteiger charge is 2.09. The minimum atomic E-state index is -0.933. The quantitative estimate of drug-likeness (QED) is 0.225. The minimum Gasteiger partial charge on any atom is -0.480 e. The molecule has 8 nitrogen and oxygen atoms in total. The Bertz CT molecular complexity index is 432. The minimum absolute atomic E-state index is 0. The molecule has 0 fully saturated rings. The van der Waals surface area contributed by atoms with Crippen molar-refractivity contribution in [3.05, 3.63) is 34.4 Å². The normalized spacial score (nSPS) is 10.1. The molecule has 0 bridgehead atoms. The van der Waals surface area contributed by atoms with E-state index in [4.69, 9.17) is 22.3 Å². The van der Waals surface area contributed by atoms with E-state index in [0.717, 1.165) is 12.8 Å². The SMILES string of the molecule is Br.Br.NCCCCC(N)C(=O)O.Nc1ccc([N+](=O)[O-])cc1. The van der Waals surface area contributed by atoms with E-state index >= 15 is 0 Å². The van der Waals surface area contributed by atoms with Crippen LogP contribution in [0.3, 0.4) is 0 Å². The van der Waals surface area contributed by atoms with Gasteiger partial charge in [-0.2, -0.15) is 0 Å². The van der Waals surface area contributed by atoms with Crippen molar-refractivity contribution in [2.24, 2.45) is 11.5 Å². The van der Waals surface area contributed by atoms with Crippen LogP contribution in [0.4, 0.5) is 11.4 Å². The van der Waals surface area contributed by atoms with Gasteiger partial charge in [0.25, 0.3) is 5.69 Å². The van der Waals surface area contributed by atoms with Crippen LogP contribution >= 0.6 is 34.0 Å². The van der Waals surface area contributed by atoms with Crippen molar-refractivity contribution in [1.82, 2.24) is 0 Å². The number of hydrogen-bond donors (Lipinski definition) is 4. The second-order valence-corrected chi connectivity index (χ2v) is 4.08. The number of nitrogens with two attached hydrogens (primary N) is 3. The number of nitrogens with zero attached hydrogens (tertiary/aromatic N) is 1. The molecule has 10 heteroatoms. The number of nitrogen functional groups attached to an aromatic ring is 1. The number of anilines is 1. The zero-order chi connectivity index (χ0) is 15.5. The number of aliphatic carboxylic acids is 1. The van der Waals surface area contributed by atoms with Crippen LogP contribution in [-0.4, -0.2) is 28.6 Å². The van der Waals surface area contributed by atoms with Gasteiger partial charge in [0.1, 0.15) is 6.04 Å². The van der Waals surface area contributed by atoms with Gasteiger partial charge >= 0.3 is 5.97 Å². The Kier molecular flexibility index (Phi) is 17.2. The predicted molar refractivity (Wildman–Crippen MR) is 96.7 cm³/mol. The number of non-ortho nitro benzene ring substituents is 1. The average Bonchev–Trinajstić information content (AvgIpc) is 2.40. The first kappa shape index (κ1) is 25.7. The molecule has 1 unspecified atom stereocenters. The number of hydrogen-bond acceptors (Lipinski definition) is 6. The van der Waals surface area contributed by atoms with Crippen LogP contribution in [0.2, 0.25) is 0 Å². The van der Waals surface area contributed by atoms with Gasteiger partial charge in [-0.05, 0) is 31.5 Å². The summed E-state index contributed by atoms with van der Waals surface area (Å²) in [5.41, 5.74) is 16.3. The Morgan fingerprint density at radius 2 is 1.73 bits per heavy atom. The van der Waals surface area contributed by atoms with Gasteiger partial charge in [-0.1, -0.05) is 6.42 Å². The van der Waals surface area contributed by atoms with Crippen molar-refractivity contribution in [2.45, 2.75) is 25.3 Å². The third-order valence-corrected chi connectivity index (χ3v) is 2.39. The summed E-state index contributed by atoms with van der Waals surface area (Å²) in [7, 11) is 0. The van der Waals surface area contributed by atoms with E-state index in [-0.39, 0.29) is 39.7 Å². The van der Waals surface area contributed by atoms with Crippen molar-refractivity contribution >= 4 is 51.3 Å². The number of halogens is 2. The number of benzene rings is 1. The van der Waals surface area contributed by atoms with Gasteiger partial charge in [0.2, 0.25) is 0 Å². The van der Waals surface area contributed by atoms with E-state index in [0.29, 0.717) is 18.7 Å². The van der Waals surface area contributed by atoms with Crippen molar-refractivity contribution in [2.75, 3.05) is 12.3 Å². The maximum absolute atomic E-state index is 10.1. The van der Waals surface area contributed by atoms with Gasteiger partial charge in [-0.15, -0.1) is 34.0 Å². The molecule has 0 spiro atoms. The summed E-state index contributed by atoms with van der Waals surface area (Å²) in [6.07, 6.45) is 2.16. The molecule has 0 saturated carbocycles. The van der Waals surface area contributed by atoms with Gasteiger partial charge in [-0.3, -0.25) is 14.9 Å². The number of rotatable bonds is 6. The molecule has 22 heavy (non-hydrogen) atoms. The van der Waals surface area contributed by atoms with Crippen LogP contribution in [0.5, 0.6) is 0 Å². The first-order chi connectivity index (χ1) is 9.38. The zero-order valence-electron chi connectivity index (χ0n) is 11.9. The van der Waals surface area contributed by atoms with Crippen LogP contribution in [0.15, 0.2) is 24.3 Å². The highest BCUT2D eigenvalue weighted by molar-refractivity contribution is 8.93. The maximum Gasteiger partial charge on any atom is 0.320 e. The molecule has 0 amide bonds. The van der Waals surface area contributed by atoms with Crippen LogP contribution in [-0.2, 0) is 4.79 Å². The van der Waals surface area contributed by atoms with Gasteiger partial charge in [-0.25, -0.2) is 0 Å². The largest absolute Gasteiger partial charge is 0.480 e. The Morgan fingerprint density at radius 3 is 2.09 bits per heavy atom. The van der Waals surface area contributed by atoms with E-state index < -0.39 is 16.9 Å². The zero-order valence-corrected chi connectivity index (χ0v) is 15.3. The van der Waals surface area contributed by atoms with Crippen molar-refractivity contribution < 1.29 is 14.8 Å². The highest BCUT2D eigenvalue weighted by Crippen LogP contribution is 2.12. The molecule has 0 aromatic heterocycles. The molecule has 128 valence electrons. The van der Waals surface area contributed by atoms with E-state index in [2.05, 4.69) is 0 Å². The van der Waals surface area contributed by atoms with Gasteiger partial charge < -0.3 is 22.3 Å². The van der Waals surface area contributed by atoms with Crippen molar-refractivity contribution in [3.8, 4) is 0 Å². The summed E-state index contributed by atoms with van der Waals surface area (Å²) in [4.78, 5) is 19.8. The molecule has 1 aromatic rings. The summed E-state index contributed by atoms with van der Waals surface area (Å²) in [6, 6.07) is 5.02. The number of nitro benzene ring substituents is 1. The van der Waals surface area contributed by atoms with Crippen LogP contribution < -0.4 is 17.2 Å². The van der Waals surface area contributed by atoms with Crippen LogP contribution in [0.25, 0.3) is 0 Å². The predicted octanol–water partition coefficient (Wildman–Crippen LogP) is 1.86. The van der Waals surface area contributed by atoms with Crippen molar-refractivity contribution in [1.29, 1.82) is 0 Å². The lowest BCUT2D eigenvalue weighted by atomic mass is 10.1.